The van der Waals surface area contributed by atoms with Gasteiger partial charge in [-0.2, -0.15) is 0 Å². The fourth-order valence-electron chi connectivity index (χ4n) is 1.84. The second kappa shape index (κ2) is 5.96. The molecule has 0 unspecified atom stereocenters. The molecule has 2 heterocycles. The molecule has 1 fully saturated rings. The third-order valence-electron chi connectivity index (χ3n) is 2.78. The quantitative estimate of drug-likeness (QED) is 0.599. The average molecular weight is 303 g/mol. The molecule has 1 aliphatic heterocycles. The number of aliphatic hydroxyl groups is 2. The van der Waals surface area contributed by atoms with Crippen LogP contribution in [-0.4, -0.2) is 38.6 Å². The molecule has 0 aromatic carbocycles. The van der Waals surface area contributed by atoms with Gasteiger partial charge in [-0.05, 0) is 0 Å². The summed E-state index contributed by atoms with van der Waals surface area (Å²) in [4.78, 5) is 23.7. The maximum absolute atomic E-state index is 11.9. The number of hydrogen-bond donors (Lipinski definition) is 3. The molecule has 0 saturated carbocycles. The molecule has 2 rings (SSSR count). The van der Waals surface area contributed by atoms with Crippen molar-refractivity contribution in [3.05, 3.63) is 32.6 Å². The van der Waals surface area contributed by atoms with E-state index in [2.05, 4.69) is 17.4 Å². The van der Waals surface area contributed by atoms with Crippen molar-refractivity contribution < 1.29 is 16.4 Å². The van der Waals surface area contributed by atoms with Gasteiger partial charge in [0, 0.05) is 0 Å². The number of nitrogens with zero attached hydrogens (tertiary/aromatic N) is 1. The molecule has 0 bridgehead atoms. The van der Waals surface area contributed by atoms with E-state index in [9.17, 15) is 14.7 Å². The van der Waals surface area contributed by atoms with Crippen LogP contribution in [0.1, 0.15) is 18.2 Å². The Hall–Kier alpha value is -1.01. The minimum absolute atomic E-state index is 0.0122. The molecule has 3 atom stereocenters. The Morgan fingerprint density at radius 1 is 1.74 bits per heavy atom. The van der Waals surface area contributed by atoms with E-state index < -0.39 is 29.7 Å². The summed E-state index contributed by atoms with van der Waals surface area (Å²) in [6, 6.07) is 0. The Morgan fingerprint density at radius 2 is 2.47 bits per heavy atom. The van der Waals surface area contributed by atoms with Gasteiger partial charge in [-0.25, -0.2) is 0 Å². The van der Waals surface area contributed by atoms with Crippen LogP contribution in [0.15, 0.2) is 15.8 Å². The van der Waals surface area contributed by atoms with Gasteiger partial charge in [-0.1, -0.05) is 0 Å². The van der Waals surface area contributed by atoms with Gasteiger partial charge >= 0.3 is 114 Å². The van der Waals surface area contributed by atoms with Crippen LogP contribution in [0.5, 0.6) is 0 Å². The maximum atomic E-state index is 11.9. The summed E-state index contributed by atoms with van der Waals surface area (Å²) in [5.41, 5.74) is 0.828. The molecule has 0 spiro atoms. The average Bonchev–Trinajstić information content (AvgIpc) is 2.80. The summed E-state index contributed by atoms with van der Waals surface area (Å²) < 4.78 is 13.8. The van der Waals surface area contributed by atoms with Crippen LogP contribution < -0.4 is 11.2 Å². The first-order valence-electron chi connectivity index (χ1n) is 5.84. The van der Waals surface area contributed by atoms with E-state index in [-0.39, 0.29) is 30.4 Å². The molecule has 1 aliphatic rings. The minimum atomic E-state index is -0.920. The molecule has 3 N–H and O–H groups in total. The summed E-state index contributed by atoms with van der Waals surface area (Å²) in [6.07, 6.45) is -1.29. The van der Waals surface area contributed by atoms with E-state index >= 15 is 0 Å². The number of aromatic nitrogens is 2. The number of rotatable bonds is 2. The number of aromatic amines is 1. The second-order valence-corrected chi connectivity index (χ2v) is 4.92. The van der Waals surface area contributed by atoms with Gasteiger partial charge < -0.3 is 0 Å². The van der Waals surface area contributed by atoms with Crippen molar-refractivity contribution in [1.29, 1.82) is 0 Å². The van der Waals surface area contributed by atoms with Crippen LogP contribution in [0.3, 0.4) is 0 Å². The topological polar surface area (TPSA) is 105 Å². The monoisotopic (exact) mass is 303 g/mol. The van der Waals surface area contributed by atoms with E-state index in [0.717, 1.165) is 4.57 Å². The first kappa shape index (κ1) is 13.0. The van der Waals surface area contributed by atoms with Gasteiger partial charge in [0.25, 0.3) is 0 Å². The molecule has 0 radical (unpaired) electrons. The summed E-state index contributed by atoms with van der Waals surface area (Å²) >= 11 is 4.66. The fourth-order valence-corrected chi connectivity index (χ4v) is 2.38. The third-order valence-corrected chi connectivity index (χ3v) is 3.38. The molecule has 1 aromatic rings. The van der Waals surface area contributed by atoms with Crippen LogP contribution in [0, 0.1) is 5.63 Å². The van der Waals surface area contributed by atoms with Crippen molar-refractivity contribution in [1.82, 2.24) is 9.54 Å². The first-order chi connectivity index (χ1) is 9.49. The van der Waals surface area contributed by atoms with Crippen molar-refractivity contribution in [2.75, 3.05) is 6.61 Å². The standard InChI is InChI=1S/C10H11N2O5PS/c13-3-7-6(14)1-8(17-7)12-2-5(4-18-19)9(15)11-10(12)16/h2,6-8,13-14H,1,3H2,(H,11,15,16)/t6-,7+,8+/m0/s1/i/hD. The normalized spacial score (nSPS) is 26.8. The second-order valence-electron chi connectivity index (χ2n) is 3.97. The summed E-state index contributed by atoms with van der Waals surface area (Å²) in [6.45, 7) is -0.114. The predicted molar refractivity (Wildman–Crippen MR) is 70.2 cm³/mol. The van der Waals surface area contributed by atoms with Crippen LogP contribution in [-0.2, 0) is 16.5 Å². The zero-order chi connectivity index (χ0) is 14.9. The van der Waals surface area contributed by atoms with Gasteiger partial charge in [0.2, 0.25) is 0 Å². The molecular weight excluding hydrogens is 291 g/mol. The van der Waals surface area contributed by atoms with E-state index in [1.54, 1.807) is 0 Å². The van der Waals surface area contributed by atoms with Gasteiger partial charge in [-0.15, -0.1) is 0 Å². The van der Waals surface area contributed by atoms with E-state index in [4.69, 9.17) is 11.3 Å². The number of ether oxygens (including phenoxy) is 1. The molecule has 0 amide bonds. The molecular formula is C10H11N2O5PS. The van der Waals surface area contributed by atoms with Crippen molar-refractivity contribution in [3.63, 3.8) is 0 Å². The number of nitrogens with one attached hydrogen (secondary N) is 1. The Labute approximate surface area is 115 Å². The van der Waals surface area contributed by atoms with E-state index in [0.29, 0.717) is 0 Å². The van der Waals surface area contributed by atoms with Gasteiger partial charge in [0.1, 0.15) is 0 Å². The van der Waals surface area contributed by atoms with Gasteiger partial charge in [0.05, 0.1) is 0 Å². The fraction of sp³-hybridized carbons (Fsp3) is 0.500. The zero-order valence-electron chi connectivity index (χ0n) is 10.6. The van der Waals surface area contributed by atoms with Crippen molar-refractivity contribution in [2.24, 2.45) is 0 Å². The van der Waals surface area contributed by atoms with E-state index in [1.165, 1.54) is 6.20 Å². The van der Waals surface area contributed by atoms with Crippen molar-refractivity contribution >= 4 is 18.6 Å². The molecule has 1 aromatic heterocycles. The number of H-pyrrole nitrogens is 1. The Kier molecular flexibility index (Phi) is 4.08. The first-order valence-corrected chi connectivity index (χ1v) is 7.30. The summed E-state index contributed by atoms with van der Waals surface area (Å²) in [7, 11) is 0. The molecule has 19 heavy (non-hydrogen) atoms. The Balaban J connectivity index is 2.52. The number of aliphatic hydroxyl groups excluding tert-OH is 2. The molecule has 102 valence electrons. The zero-order valence-corrected chi connectivity index (χ0v) is 11.3. The van der Waals surface area contributed by atoms with Crippen LogP contribution >= 0.6 is 6.81 Å². The van der Waals surface area contributed by atoms with Crippen molar-refractivity contribution in [3.8, 4) is 5.63 Å². The molecule has 1 saturated heterocycles. The Morgan fingerprint density at radius 3 is 3.05 bits per heavy atom. The summed E-state index contributed by atoms with van der Waals surface area (Å²) in [5, 5.41) is 18.7. The third kappa shape index (κ3) is 2.95. The summed E-state index contributed by atoms with van der Waals surface area (Å²) in [5.74, 6) is 0. The van der Waals surface area contributed by atoms with Gasteiger partial charge in [-0.3, -0.25) is 0 Å². The van der Waals surface area contributed by atoms with Crippen LogP contribution in [0.2, 0.25) is 1.41 Å². The predicted octanol–water partition coefficient (Wildman–Crippen LogP) is -1.11. The molecule has 7 nitrogen and oxygen atoms in total. The van der Waals surface area contributed by atoms with Crippen LogP contribution in [0.4, 0.5) is 0 Å². The van der Waals surface area contributed by atoms with Crippen LogP contribution in [0.25, 0.3) is 0 Å². The van der Waals surface area contributed by atoms with Gasteiger partial charge in [0.15, 0.2) is 0 Å². The molecule has 0 aliphatic carbocycles. The SMILES string of the molecule is [2H]n1c(=O)c(C#P=S)cn([C@H]2C[C@H](O)[C@@H](CO)O2)c1=O. The molecule has 9 heteroatoms. The number of hydrogen-bond acceptors (Lipinski definition) is 6. The Bertz CT molecular complexity index is 742. The van der Waals surface area contributed by atoms with Crippen molar-refractivity contribution in [2.45, 2.75) is 24.9 Å². The van der Waals surface area contributed by atoms with E-state index in [1.807, 2.05) is 0 Å².